The predicted molar refractivity (Wildman–Crippen MR) is 153 cm³/mol. The van der Waals surface area contributed by atoms with E-state index < -0.39 is 4.33 Å². The molecule has 35 heavy (non-hydrogen) atoms. The highest BCUT2D eigenvalue weighted by molar-refractivity contribution is 6.50. The van der Waals surface area contributed by atoms with Crippen molar-refractivity contribution in [2.75, 3.05) is 0 Å². The summed E-state index contributed by atoms with van der Waals surface area (Å²) in [6.07, 6.45) is 31.4. The Morgan fingerprint density at radius 2 is 0.971 bits per heavy atom. The van der Waals surface area contributed by atoms with E-state index in [9.17, 15) is 0 Å². The number of alkyl halides is 2. The van der Waals surface area contributed by atoms with Crippen molar-refractivity contribution in [2.45, 2.75) is 159 Å². The fourth-order valence-corrected chi connectivity index (χ4v) is 11.4. The van der Waals surface area contributed by atoms with Gasteiger partial charge in [0.2, 0.25) is 0 Å². The van der Waals surface area contributed by atoms with Crippen LogP contribution in [-0.4, -0.2) is 4.33 Å². The molecule has 0 aromatic carbocycles. The molecule has 0 atom stereocenters. The molecule has 0 heterocycles. The van der Waals surface area contributed by atoms with Gasteiger partial charge < -0.3 is 0 Å². The molecular formula is C33H56Cl2. The SMILES string of the molecule is CCCCCC1CCC(C2CC[C@]3(CC2)C[C@@]2(CC[C@H](C4CCC(CC)CC4)CC2)C3(Cl)Cl)CC1. The van der Waals surface area contributed by atoms with Crippen molar-refractivity contribution in [3.05, 3.63) is 0 Å². The molecule has 2 heteroatoms. The van der Waals surface area contributed by atoms with Gasteiger partial charge in [-0.15, -0.1) is 23.2 Å². The Kier molecular flexibility index (Phi) is 8.82. The minimum absolute atomic E-state index is 0.246. The molecule has 0 aliphatic heterocycles. The molecule has 0 radical (unpaired) electrons. The van der Waals surface area contributed by atoms with Crippen LogP contribution in [0.1, 0.15) is 155 Å². The quantitative estimate of drug-likeness (QED) is 0.230. The normalized spacial score (nSPS) is 45.9. The Balaban J connectivity index is 1.07. The van der Waals surface area contributed by atoms with Crippen LogP contribution in [0.25, 0.3) is 0 Å². The molecule has 0 aromatic heterocycles. The van der Waals surface area contributed by atoms with E-state index in [2.05, 4.69) is 13.8 Å². The largest absolute Gasteiger partial charge is 0.129 e. The minimum Gasteiger partial charge on any atom is -0.100 e. The lowest BCUT2D eigenvalue weighted by Crippen LogP contribution is -2.66. The maximum absolute atomic E-state index is 7.43. The van der Waals surface area contributed by atoms with Gasteiger partial charge in [-0.1, -0.05) is 71.6 Å². The van der Waals surface area contributed by atoms with Crippen LogP contribution < -0.4 is 0 Å². The van der Waals surface area contributed by atoms with E-state index in [-0.39, 0.29) is 10.8 Å². The predicted octanol–water partition coefficient (Wildman–Crippen LogP) is 11.5. The molecule has 5 fully saturated rings. The zero-order valence-corrected chi connectivity index (χ0v) is 24.8. The van der Waals surface area contributed by atoms with Crippen LogP contribution in [0.2, 0.25) is 0 Å². The van der Waals surface area contributed by atoms with Crippen molar-refractivity contribution >= 4 is 23.2 Å². The molecule has 5 rings (SSSR count). The second-order valence-electron chi connectivity index (χ2n) is 14.5. The molecule has 0 saturated heterocycles. The standard InChI is InChI=1S/C33H56Cl2/c1-3-5-6-7-26-10-14-28(15-11-26)30-18-22-32(23-19-30)24-31(33(32,34)35)20-16-29(17-21-31)27-12-8-25(4-2)9-13-27/h25-30H,3-24H2,1-2H3/t25?,26?,27?,28?,29-,30?,31-,32-. The van der Waals surface area contributed by atoms with Crippen molar-refractivity contribution in [2.24, 2.45) is 46.3 Å². The first-order chi connectivity index (χ1) is 16.9. The van der Waals surface area contributed by atoms with Crippen molar-refractivity contribution in [1.29, 1.82) is 0 Å². The monoisotopic (exact) mass is 522 g/mol. The van der Waals surface area contributed by atoms with Gasteiger partial charge in [-0.3, -0.25) is 0 Å². The Hall–Kier alpha value is 0.580. The topological polar surface area (TPSA) is 0 Å². The third-order valence-electron chi connectivity index (χ3n) is 12.9. The lowest BCUT2D eigenvalue weighted by molar-refractivity contribution is -0.122. The smallest absolute Gasteiger partial charge is 0.100 e. The molecule has 0 amide bonds. The Labute approximate surface area is 228 Å². The van der Waals surface area contributed by atoms with Gasteiger partial charge in [-0.05, 0) is 119 Å². The molecule has 0 aromatic rings. The van der Waals surface area contributed by atoms with Gasteiger partial charge in [-0.2, -0.15) is 0 Å². The van der Waals surface area contributed by atoms with Crippen LogP contribution >= 0.6 is 23.2 Å². The molecule has 0 N–H and O–H groups in total. The van der Waals surface area contributed by atoms with Crippen LogP contribution in [-0.2, 0) is 0 Å². The van der Waals surface area contributed by atoms with E-state index in [1.165, 1.54) is 141 Å². The summed E-state index contributed by atoms with van der Waals surface area (Å²) in [4.78, 5) is 0. The van der Waals surface area contributed by atoms with Gasteiger partial charge in [0.05, 0.1) is 0 Å². The highest BCUT2D eigenvalue weighted by Crippen LogP contribution is 2.77. The first-order valence-corrected chi connectivity index (χ1v) is 17.1. The van der Waals surface area contributed by atoms with Crippen LogP contribution in [0.3, 0.4) is 0 Å². The lowest BCUT2D eigenvalue weighted by atomic mass is 9.42. The fourth-order valence-electron chi connectivity index (χ4n) is 10.3. The van der Waals surface area contributed by atoms with Crippen LogP contribution in [0.5, 0.6) is 0 Å². The minimum atomic E-state index is -0.452. The number of halogens is 2. The fraction of sp³-hybridized carbons (Fsp3) is 1.00. The van der Waals surface area contributed by atoms with E-state index >= 15 is 0 Å². The Morgan fingerprint density at radius 1 is 0.543 bits per heavy atom. The van der Waals surface area contributed by atoms with E-state index in [1.807, 2.05) is 0 Å². The second-order valence-corrected chi connectivity index (χ2v) is 15.8. The zero-order valence-electron chi connectivity index (χ0n) is 23.3. The summed E-state index contributed by atoms with van der Waals surface area (Å²) in [5, 5.41) is 0. The van der Waals surface area contributed by atoms with Crippen molar-refractivity contribution in [3.8, 4) is 0 Å². The Morgan fingerprint density at radius 3 is 1.37 bits per heavy atom. The van der Waals surface area contributed by atoms with Crippen LogP contribution in [0.4, 0.5) is 0 Å². The van der Waals surface area contributed by atoms with Crippen LogP contribution in [0.15, 0.2) is 0 Å². The van der Waals surface area contributed by atoms with Gasteiger partial charge in [0.1, 0.15) is 4.33 Å². The van der Waals surface area contributed by atoms with Gasteiger partial charge in [-0.25, -0.2) is 0 Å². The highest BCUT2D eigenvalue weighted by atomic mass is 35.5. The summed E-state index contributed by atoms with van der Waals surface area (Å²) < 4.78 is -0.452. The van der Waals surface area contributed by atoms with Gasteiger partial charge in [0.15, 0.2) is 0 Å². The molecular weight excluding hydrogens is 467 g/mol. The maximum atomic E-state index is 7.43. The lowest BCUT2D eigenvalue weighted by Gasteiger charge is -2.69. The highest BCUT2D eigenvalue weighted by Gasteiger charge is 2.72. The molecule has 0 bridgehead atoms. The average Bonchev–Trinajstić information content (AvgIpc) is 2.90. The van der Waals surface area contributed by atoms with E-state index in [0.29, 0.717) is 0 Å². The first kappa shape index (κ1) is 27.2. The zero-order chi connectivity index (χ0) is 24.5. The third-order valence-corrected chi connectivity index (χ3v) is 14.5. The molecule has 5 saturated carbocycles. The van der Waals surface area contributed by atoms with Crippen molar-refractivity contribution in [1.82, 2.24) is 0 Å². The molecule has 5 aliphatic carbocycles. The van der Waals surface area contributed by atoms with Crippen molar-refractivity contribution < 1.29 is 0 Å². The number of rotatable bonds is 7. The number of hydrogen-bond acceptors (Lipinski definition) is 0. The second kappa shape index (κ2) is 11.4. The van der Waals surface area contributed by atoms with Gasteiger partial charge in [0.25, 0.3) is 0 Å². The van der Waals surface area contributed by atoms with Crippen LogP contribution in [0, 0.1) is 46.3 Å². The number of hydrogen-bond donors (Lipinski definition) is 0. The molecule has 202 valence electrons. The molecule has 0 nitrogen and oxygen atoms in total. The van der Waals surface area contributed by atoms with E-state index in [1.54, 1.807) is 0 Å². The summed E-state index contributed by atoms with van der Waals surface area (Å²) in [5.41, 5.74) is 0.493. The van der Waals surface area contributed by atoms with Gasteiger partial charge >= 0.3 is 0 Å². The maximum Gasteiger partial charge on any atom is 0.129 e. The van der Waals surface area contributed by atoms with E-state index in [0.717, 1.165) is 35.5 Å². The summed E-state index contributed by atoms with van der Waals surface area (Å²) in [6.45, 7) is 4.71. The molecule has 0 unspecified atom stereocenters. The summed E-state index contributed by atoms with van der Waals surface area (Å²) >= 11 is 14.9. The van der Waals surface area contributed by atoms with E-state index in [4.69, 9.17) is 23.2 Å². The first-order valence-electron chi connectivity index (χ1n) is 16.3. The summed E-state index contributed by atoms with van der Waals surface area (Å²) in [6, 6.07) is 0. The Bertz CT molecular complexity index is 651. The molecule has 2 spiro atoms. The summed E-state index contributed by atoms with van der Waals surface area (Å²) in [5.74, 6) is 5.98. The number of unbranched alkanes of at least 4 members (excludes halogenated alkanes) is 2. The third kappa shape index (κ3) is 5.25. The van der Waals surface area contributed by atoms with Gasteiger partial charge in [0, 0.05) is 10.8 Å². The average molecular weight is 524 g/mol. The molecule has 5 aliphatic rings. The summed E-state index contributed by atoms with van der Waals surface area (Å²) in [7, 11) is 0. The van der Waals surface area contributed by atoms with Crippen molar-refractivity contribution in [3.63, 3.8) is 0 Å².